The van der Waals surface area contributed by atoms with Gasteiger partial charge < -0.3 is 5.73 Å². The van der Waals surface area contributed by atoms with Gasteiger partial charge in [0.2, 0.25) is 11.8 Å². The van der Waals surface area contributed by atoms with Crippen LogP contribution in [0.2, 0.25) is 0 Å². The van der Waals surface area contributed by atoms with E-state index in [2.05, 4.69) is 0 Å². The zero-order chi connectivity index (χ0) is 18.9. The number of nitrogens with zero attached hydrogens (tertiary/aromatic N) is 3. The van der Waals surface area contributed by atoms with Gasteiger partial charge in [0, 0.05) is 7.05 Å². The highest BCUT2D eigenvalue weighted by molar-refractivity contribution is 6.30. The van der Waals surface area contributed by atoms with Crippen LogP contribution in [-0.4, -0.2) is 32.6 Å². The Kier molecular flexibility index (Phi) is 5.08. The van der Waals surface area contributed by atoms with Crippen LogP contribution in [-0.2, 0) is 16.6 Å². The van der Waals surface area contributed by atoms with Crippen LogP contribution in [0.5, 0.6) is 0 Å². The summed E-state index contributed by atoms with van der Waals surface area (Å²) in [4.78, 5) is 38.6. The number of halogens is 1. The number of anilines is 1. The fourth-order valence-corrected chi connectivity index (χ4v) is 2.82. The van der Waals surface area contributed by atoms with Gasteiger partial charge in [-0.1, -0.05) is 18.2 Å². The van der Waals surface area contributed by atoms with Gasteiger partial charge in [-0.25, -0.2) is 4.68 Å². The van der Waals surface area contributed by atoms with Crippen LogP contribution in [0.25, 0.3) is 5.69 Å². The molecule has 0 spiro atoms. The van der Waals surface area contributed by atoms with Gasteiger partial charge in [-0.05, 0) is 32.9 Å². The van der Waals surface area contributed by atoms with Crippen LogP contribution in [0.4, 0.5) is 5.69 Å². The number of aromatic nitrogens is 2. The predicted octanol–water partition coefficient (Wildman–Crippen LogP) is 1.32. The maximum Gasteiger partial charge on any atom is 0.295 e. The van der Waals surface area contributed by atoms with E-state index >= 15 is 0 Å². The first-order valence-electron chi connectivity index (χ1n) is 7.67. The third kappa shape index (κ3) is 3.07. The molecule has 0 bridgehead atoms. The zero-order valence-electron chi connectivity index (χ0n) is 14.6. The maximum absolute atomic E-state index is 13.1. The number of para-hydroxylation sites is 1. The highest BCUT2D eigenvalue weighted by Gasteiger charge is 2.40. The highest BCUT2D eigenvalue weighted by Crippen LogP contribution is 2.26. The summed E-state index contributed by atoms with van der Waals surface area (Å²) in [5.41, 5.74) is 4.86. The molecule has 0 aliphatic carbocycles. The number of amides is 2. The molecule has 2 rings (SSSR count). The Balaban J connectivity index is 2.79. The van der Waals surface area contributed by atoms with Gasteiger partial charge in [-0.2, -0.15) is 0 Å². The largest absolute Gasteiger partial charge is 0.368 e. The van der Waals surface area contributed by atoms with Crippen molar-refractivity contribution in [3.63, 3.8) is 0 Å². The summed E-state index contributed by atoms with van der Waals surface area (Å²) in [6.45, 7) is 4.67. The first-order valence-corrected chi connectivity index (χ1v) is 8.21. The molecule has 8 heteroatoms. The van der Waals surface area contributed by atoms with Gasteiger partial charge in [0.05, 0.1) is 11.4 Å². The smallest absolute Gasteiger partial charge is 0.295 e. The average molecular weight is 365 g/mol. The summed E-state index contributed by atoms with van der Waals surface area (Å²) in [7, 11) is 1.70. The Morgan fingerprint density at radius 3 is 2.28 bits per heavy atom. The topological polar surface area (TPSA) is 90.3 Å². The second-order valence-corrected chi connectivity index (χ2v) is 6.46. The highest BCUT2D eigenvalue weighted by atomic mass is 35.5. The standard InChI is InChI=1S/C17H21ClN4O3/c1-11-14(21(13(23)10-18)17(2,3)16(19)25)15(24)22(20(11)4)12-8-6-5-7-9-12/h5-9H,10H2,1-4H3,(H2,19,25). The Morgan fingerprint density at radius 2 is 1.80 bits per heavy atom. The quantitative estimate of drug-likeness (QED) is 0.811. The maximum atomic E-state index is 13.1. The lowest BCUT2D eigenvalue weighted by molar-refractivity contribution is -0.126. The number of nitrogens with two attached hydrogens (primary N) is 1. The average Bonchev–Trinajstić information content (AvgIpc) is 2.79. The molecule has 0 radical (unpaired) electrons. The first kappa shape index (κ1) is 18.8. The Labute approximate surface area is 150 Å². The minimum atomic E-state index is -1.41. The third-order valence-electron chi connectivity index (χ3n) is 4.27. The van der Waals surface area contributed by atoms with Crippen molar-refractivity contribution in [3.05, 3.63) is 46.4 Å². The molecule has 2 amide bonds. The second kappa shape index (κ2) is 6.76. The van der Waals surface area contributed by atoms with Crippen LogP contribution >= 0.6 is 11.6 Å². The molecule has 0 aliphatic heterocycles. The molecule has 1 aromatic carbocycles. The lowest BCUT2D eigenvalue weighted by atomic mass is 10.0. The molecule has 0 saturated carbocycles. The van der Waals surface area contributed by atoms with Crippen LogP contribution in [0.1, 0.15) is 19.5 Å². The van der Waals surface area contributed by atoms with Crippen LogP contribution in [0.3, 0.4) is 0 Å². The van der Waals surface area contributed by atoms with Gasteiger partial charge in [0.15, 0.2) is 0 Å². The Hall–Kier alpha value is -2.54. The van der Waals surface area contributed by atoms with Crippen molar-refractivity contribution < 1.29 is 9.59 Å². The minimum absolute atomic E-state index is 0.0841. The monoisotopic (exact) mass is 364 g/mol. The van der Waals surface area contributed by atoms with Crippen LogP contribution < -0.4 is 16.2 Å². The number of rotatable bonds is 5. The van der Waals surface area contributed by atoms with Crippen molar-refractivity contribution in [3.8, 4) is 5.69 Å². The van der Waals surface area contributed by atoms with Crippen molar-refractivity contribution in [2.75, 3.05) is 10.8 Å². The molecule has 134 valence electrons. The van der Waals surface area contributed by atoms with E-state index in [0.717, 1.165) is 4.90 Å². The molecular weight excluding hydrogens is 344 g/mol. The number of carbonyl (C=O) groups excluding carboxylic acids is 2. The van der Waals surface area contributed by atoms with Crippen molar-refractivity contribution in [2.45, 2.75) is 26.3 Å². The summed E-state index contributed by atoms with van der Waals surface area (Å²) in [5, 5.41) is 0. The molecule has 2 aromatic rings. The number of primary amides is 1. The molecule has 0 fully saturated rings. The number of hydrogen-bond acceptors (Lipinski definition) is 3. The van der Waals surface area contributed by atoms with Crippen molar-refractivity contribution >= 4 is 29.1 Å². The third-order valence-corrected chi connectivity index (χ3v) is 4.50. The van der Waals surface area contributed by atoms with E-state index in [0.29, 0.717) is 11.4 Å². The molecule has 7 nitrogen and oxygen atoms in total. The van der Waals surface area contributed by atoms with Crippen molar-refractivity contribution in [1.29, 1.82) is 0 Å². The van der Waals surface area contributed by atoms with E-state index in [4.69, 9.17) is 17.3 Å². The molecule has 0 saturated heterocycles. The normalized spacial score (nSPS) is 11.4. The molecule has 0 atom stereocenters. The number of hydrogen-bond donors (Lipinski definition) is 1. The van der Waals surface area contributed by atoms with Crippen molar-refractivity contribution in [1.82, 2.24) is 9.36 Å². The van der Waals surface area contributed by atoms with Crippen LogP contribution in [0, 0.1) is 6.92 Å². The molecule has 0 unspecified atom stereocenters. The molecule has 0 aliphatic rings. The van der Waals surface area contributed by atoms with Crippen molar-refractivity contribution in [2.24, 2.45) is 12.8 Å². The first-order chi connectivity index (χ1) is 11.6. The van der Waals surface area contributed by atoms with Crippen LogP contribution in [0.15, 0.2) is 35.1 Å². The number of carbonyl (C=O) groups is 2. The predicted molar refractivity (Wildman–Crippen MR) is 97.2 cm³/mol. The lowest BCUT2D eigenvalue weighted by Crippen LogP contribution is -2.58. The van der Waals surface area contributed by atoms with E-state index in [1.807, 2.05) is 6.07 Å². The minimum Gasteiger partial charge on any atom is -0.368 e. The lowest BCUT2D eigenvalue weighted by Gasteiger charge is -2.34. The SMILES string of the molecule is Cc1c(N(C(=O)CCl)C(C)(C)C(N)=O)c(=O)n(-c2ccccc2)n1C. The summed E-state index contributed by atoms with van der Waals surface area (Å²) in [6.07, 6.45) is 0. The summed E-state index contributed by atoms with van der Waals surface area (Å²) >= 11 is 5.72. The van der Waals surface area contributed by atoms with Gasteiger partial charge >= 0.3 is 0 Å². The summed E-state index contributed by atoms with van der Waals surface area (Å²) in [5.74, 6) is -1.69. The molecule has 25 heavy (non-hydrogen) atoms. The number of alkyl halides is 1. The molecule has 1 aromatic heterocycles. The fourth-order valence-electron chi connectivity index (χ4n) is 2.70. The van der Waals surface area contributed by atoms with Gasteiger partial charge in [0.1, 0.15) is 17.1 Å². The van der Waals surface area contributed by atoms with E-state index in [1.165, 1.54) is 18.5 Å². The van der Waals surface area contributed by atoms with Gasteiger partial charge in [-0.3, -0.25) is 24.0 Å². The van der Waals surface area contributed by atoms with E-state index in [9.17, 15) is 14.4 Å². The van der Waals surface area contributed by atoms with Gasteiger partial charge in [0.25, 0.3) is 5.56 Å². The van der Waals surface area contributed by atoms with E-state index < -0.39 is 22.9 Å². The number of benzene rings is 1. The Bertz CT molecular complexity index is 868. The molecule has 1 heterocycles. The summed E-state index contributed by atoms with van der Waals surface area (Å²) < 4.78 is 3.05. The Morgan fingerprint density at radius 1 is 1.24 bits per heavy atom. The van der Waals surface area contributed by atoms with E-state index in [1.54, 1.807) is 42.9 Å². The summed E-state index contributed by atoms with van der Waals surface area (Å²) in [6, 6.07) is 9.00. The molecule has 2 N–H and O–H groups in total. The second-order valence-electron chi connectivity index (χ2n) is 6.20. The zero-order valence-corrected chi connectivity index (χ0v) is 15.4. The molecular formula is C17H21ClN4O3. The fraction of sp³-hybridized carbons (Fsp3) is 0.353. The van der Waals surface area contributed by atoms with Gasteiger partial charge in [-0.15, -0.1) is 11.6 Å². The van der Waals surface area contributed by atoms with E-state index in [-0.39, 0.29) is 11.6 Å².